The number of aromatic nitrogens is 2. The van der Waals surface area contributed by atoms with E-state index in [1.54, 1.807) is 25.3 Å². The molecule has 0 atom stereocenters. The summed E-state index contributed by atoms with van der Waals surface area (Å²) in [4.78, 5) is 16.4. The van der Waals surface area contributed by atoms with Crippen LogP contribution in [0.4, 0.5) is 17.2 Å². The molecule has 6 nitrogen and oxygen atoms in total. The molecule has 0 saturated carbocycles. The summed E-state index contributed by atoms with van der Waals surface area (Å²) < 4.78 is 4.93. The van der Waals surface area contributed by atoms with Gasteiger partial charge in [0.2, 0.25) is 0 Å². The molecule has 2 aromatic heterocycles. The monoisotopic (exact) mass is 322 g/mol. The lowest BCUT2D eigenvalue weighted by atomic mass is 10.1. The maximum atomic E-state index is 12.3. The van der Waals surface area contributed by atoms with Crippen LogP contribution in [0.5, 0.6) is 0 Å². The highest BCUT2D eigenvalue weighted by Gasteiger charge is 2.10. The summed E-state index contributed by atoms with van der Waals surface area (Å²) in [5.41, 5.74) is 3.39. The molecule has 3 rings (SSSR count). The third kappa shape index (κ3) is 3.78. The zero-order valence-electron chi connectivity index (χ0n) is 13.5. The van der Waals surface area contributed by atoms with E-state index in [0.29, 0.717) is 17.1 Å². The SMILES string of the molecule is CCc1ccc(Nc2cncc(C(=O)Nc3cc(C)on3)c2)cc1. The number of hydrogen-bond donors (Lipinski definition) is 2. The van der Waals surface area contributed by atoms with Crippen LogP contribution in [0.15, 0.2) is 53.3 Å². The minimum absolute atomic E-state index is 0.291. The Kier molecular flexibility index (Phi) is 4.56. The summed E-state index contributed by atoms with van der Waals surface area (Å²) in [6, 6.07) is 11.5. The van der Waals surface area contributed by atoms with E-state index in [1.165, 1.54) is 11.8 Å². The van der Waals surface area contributed by atoms with E-state index < -0.39 is 0 Å². The number of carbonyl (C=O) groups excluding carboxylic acids is 1. The quantitative estimate of drug-likeness (QED) is 0.744. The summed E-state index contributed by atoms with van der Waals surface area (Å²) in [6.07, 6.45) is 4.18. The number of amides is 1. The fourth-order valence-electron chi connectivity index (χ4n) is 2.24. The highest BCUT2D eigenvalue weighted by atomic mass is 16.5. The van der Waals surface area contributed by atoms with Crippen LogP contribution in [0.2, 0.25) is 0 Å². The Labute approximate surface area is 139 Å². The molecular weight excluding hydrogens is 304 g/mol. The van der Waals surface area contributed by atoms with Crippen LogP contribution in [-0.2, 0) is 6.42 Å². The van der Waals surface area contributed by atoms with E-state index >= 15 is 0 Å². The van der Waals surface area contributed by atoms with Crippen molar-refractivity contribution in [2.45, 2.75) is 20.3 Å². The van der Waals surface area contributed by atoms with Crippen molar-refractivity contribution in [3.8, 4) is 0 Å². The average molecular weight is 322 g/mol. The van der Waals surface area contributed by atoms with Gasteiger partial charge >= 0.3 is 0 Å². The van der Waals surface area contributed by atoms with Crippen molar-refractivity contribution >= 4 is 23.1 Å². The normalized spacial score (nSPS) is 10.4. The Morgan fingerprint density at radius 2 is 1.92 bits per heavy atom. The zero-order chi connectivity index (χ0) is 16.9. The molecule has 0 unspecified atom stereocenters. The van der Waals surface area contributed by atoms with Crippen LogP contribution in [0.25, 0.3) is 0 Å². The van der Waals surface area contributed by atoms with Gasteiger partial charge in [0.25, 0.3) is 5.91 Å². The van der Waals surface area contributed by atoms with Gasteiger partial charge in [0.15, 0.2) is 5.82 Å². The topological polar surface area (TPSA) is 80.0 Å². The first-order valence-corrected chi connectivity index (χ1v) is 7.69. The van der Waals surface area contributed by atoms with Crippen molar-refractivity contribution in [3.63, 3.8) is 0 Å². The Balaban J connectivity index is 1.72. The summed E-state index contributed by atoms with van der Waals surface area (Å²) >= 11 is 0. The van der Waals surface area contributed by atoms with Crippen molar-refractivity contribution in [1.82, 2.24) is 10.1 Å². The van der Waals surface area contributed by atoms with Gasteiger partial charge < -0.3 is 15.2 Å². The first-order valence-electron chi connectivity index (χ1n) is 7.69. The van der Waals surface area contributed by atoms with E-state index in [9.17, 15) is 4.79 Å². The first-order chi connectivity index (χ1) is 11.6. The Bertz CT molecular complexity index is 840. The van der Waals surface area contributed by atoms with Gasteiger partial charge in [-0.3, -0.25) is 9.78 Å². The molecule has 24 heavy (non-hydrogen) atoms. The predicted octanol–water partition coefficient (Wildman–Crippen LogP) is 3.94. The number of hydrogen-bond acceptors (Lipinski definition) is 5. The molecule has 6 heteroatoms. The van der Waals surface area contributed by atoms with Gasteiger partial charge in [-0.15, -0.1) is 0 Å². The number of aryl methyl sites for hydroxylation is 2. The number of nitrogens with zero attached hydrogens (tertiary/aromatic N) is 2. The van der Waals surface area contributed by atoms with Crippen molar-refractivity contribution in [3.05, 3.63) is 65.7 Å². The van der Waals surface area contributed by atoms with Gasteiger partial charge in [0.05, 0.1) is 17.4 Å². The molecule has 0 saturated heterocycles. The molecular formula is C18H18N4O2. The van der Waals surface area contributed by atoms with Crippen LogP contribution in [-0.4, -0.2) is 16.0 Å². The van der Waals surface area contributed by atoms with Crippen molar-refractivity contribution in [2.75, 3.05) is 10.6 Å². The highest BCUT2D eigenvalue weighted by Crippen LogP contribution is 2.18. The Hall–Kier alpha value is -3.15. The summed E-state index contributed by atoms with van der Waals surface area (Å²) in [6.45, 7) is 3.88. The molecule has 1 aromatic carbocycles. The fourth-order valence-corrected chi connectivity index (χ4v) is 2.24. The molecule has 0 fully saturated rings. The van der Waals surface area contributed by atoms with Crippen LogP contribution in [0.3, 0.4) is 0 Å². The van der Waals surface area contributed by atoms with Crippen molar-refractivity contribution < 1.29 is 9.32 Å². The second-order valence-corrected chi connectivity index (χ2v) is 5.41. The highest BCUT2D eigenvalue weighted by molar-refractivity contribution is 6.04. The minimum Gasteiger partial charge on any atom is -0.360 e. The lowest BCUT2D eigenvalue weighted by Crippen LogP contribution is -2.12. The second-order valence-electron chi connectivity index (χ2n) is 5.41. The lowest BCUT2D eigenvalue weighted by Gasteiger charge is -2.08. The van der Waals surface area contributed by atoms with Crippen molar-refractivity contribution in [1.29, 1.82) is 0 Å². The molecule has 0 spiro atoms. The molecule has 122 valence electrons. The van der Waals surface area contributed by atoms with Crippen LogP contribution >= 0.6 is 0 Å². The number of anilines is 3. The van der Waals surface area contributed by atoms with E-state index in [-0.39, 0.29) is 5.91 Å². The number of nitrogens with one attached hydrogen (secondary N) is 2. The molecule has 0 bridgehead atoms. The van der Waals surface area contributed by atoms with Gasteiger partial charge in [-0.1, -0.05) is 24.2 Å². The molecule has 2 heterocycles. The maximum Gasteiger partial charge on any atom is 0.258 e. The zero-order valence-corrected chi connectivity index (χ0v) is 13.5. The van der Waals surface area contributed by atoms with E-state index in [0.717, 1.165) is 17.8 Å². The number of benzene rings is 1. The average Bonchev–Trinajstić information content (AvgIpc) is 3.00. The molecule has 0 aliphatic rings. The van der Waals surface area contributed by atoms with Crippen LogP contribution in [0, 0.1) is 6.92 Å². The summed E-state index contributed by atoms with van der Waals surface area (Å²) in [7, 11) is 0. The maximum absolute atomic E-state index is 12.3. The minimum atomic E-state index is -0.291. The Morgan fingerprint density at radius 1 is 1.12 bits per heavy atom. The first kappa shape index (κ1) is 15.7. The van der Waals surface area contributed by atoms with Crippen molar-refractivity contribution in [2.24, 2.45) is 0 Å². The second kappa shape index (κ2) is 6.95. The smallest absolute Gasteiger partial charge is 0.258 e. The molecule has 3 aromatic rings. The predicted molar refractivity (Wildman–Crippen MR) is 92.5 cm³/mol. The molecule has 1 amide bonds. The Morgan fingerprint density at radius 3 is 2.58 bits per heavy atom. The molecule has 2 N–H and O–H groups in total. The third-order valence-electron chi connectivity index (χ3n) is 3.52. The standard InChI is InChI=1S/C18H18N4O2/c1-3-13-4-6-15(7-5-13)20-16-9-14(10-19-11-16)18(23)21-17-8-12(2)24-22-17/h4-11,20H,3H2,1-2H3,(H,21,22,23). The number of rotatable bonds is 5. The third-order valence-corrected chi connectivity index (χ3v) is 3.52. The van der Waals surface area contributed by atoms with Gasteiger partial charge in [0.1, 0.15) is 5.76 Å². The molecule has 0 radical (unpaired) electrons. The van der Waals surface area contributed by atoms with Gasteiger partial charge in [-0.2, -0.15) is 0 Å². The number of pyridine rings is 1. The van der Waals surface area contributed by atoms with Crippen LogP contribution in [0.1, 0.15) is 28.6 Å². The van der Waals surface area contributed by atoms with Crippen LogP contribution < -0.4 is 10.6 Å². The molecule has 0 aliphatic carbocycles. The summed E-state index contributed by atoms with van der Waals surface area (Å²) in [5, 5.41) is 9.66. The fraction of sp³-hybridized carbons (Fsp3) is 0.167. The molecule has 0 aliphatic heterocycles. The van der Waals surface area contributed by atoms with Gasteiger partial charge in [-0.25, -0.2) is 0 Å². The lowest BCUT2D eigenvalue weighted by molar-refractivity contribution is 0.102. The summed E-state index contributed by atoms with van der Waals surface area (Å²) in [5.74, 6) is 0.723. The number of carbonyl (C=O) groups is 1. The van der Waals surface area contributed by atoms with E-state index in [1.807, 2.05) is 12.1 Å². The van der Waals surface area contributed by atoms with Gasteiger partial charge in [0, 0.05) is 18.0 Å². The van der Waals surface area contributed by atoms with E-state index in [2.05, 4.69) is 39.8 Å². The largest absolute Gasteiger partial charge is 0.360 e. The van der Waals surface area contributed by atoms with Gasteiger partial charge in [-0.05, 0) is 37.1 Å². The van der Waals surface area contributed by atoms with E-state index in [4.69, 9.17) is 4.52 Å².